The zero-order valence-electron chi connectivity index (χ0n) is 10.1. The minimum atomic E-state index is 0.143. The van der Waals surface area contributed by atoms with Gasteiger partial charge in [0.2, 0.25) is 0 Å². The van der Waals surface area contributed by atoms with Crippen molar-refractivity contribution >= 4 is 27.5 Å². The zero-order valence-corrected chi connectivity index (χ0v) is 12.4. The molecule has 2 rings (SSSR count). The maximum Gasteiger partial charge on any atom is 0.133 e. The molecule has 0 aliphatic heterocycles. The molecule has 1 unspecified atom stereocenters. The summed E-state index contributed by atoms with van der Waals surface area (Å²) >= 11 is 10.1. The molecule has 0 radical (unpaired) electrons. The zero-order chi connectivity index (χ0) is 12.3. The van der Waals surface area contributed by atoms with Gasteiger partial charge in [0.25, 0.3) is 0 Å². The SMILES string of the molecule is CCOc1ccc(C(Cl)C2CCCC2)cc1Br. The molecule has 94 valence electrons. The van der Waals surface area contributed by atoms with Gasteiger partial charge in [-0.15, -0.1) is 11.6 Å². The van der Waals surface area contributed by atoms with E-state index in [0.717, 1.165) is 10.2 Å². The molecule has 0 N–H and O–H groups in total. The highest BCUT2D eigenvalue weighted by molar-refractivity contribution is 9.10. The highest BCUT2D eigenvalue weighted by Crippen LogP contribution is 2.41. The topological polar surface area (TPSA) is 9.23 Å². The normalized spacial score (nSPS) is 18.3. The number of benzene rings is 1. The summed E-state index contributed by atoms with van der Waals surface area (Å²) < 4.78 is 6.51. The second kappa shape index (κ2) is 6.10. The molecule has 1 nitrogen and oxygen atoms in total. The average Bonchev–Trinajstić information content (AvgIpc) is 2.84. The first-order valence-corrected chi connectivity index (χ1v) is 7.51. The van der Waals surface area contributed by atoms with Gasteiger partial charge >= 0.3 is 0 Å². The van der Waals surface area contributed by atoms with E-state index in [1.165, 1.54) is 31.2 Å². The molecule has 1 fully saturated rings. The van der Waals surface area contributed by atoms with Crippen molar-refractivity contribution in [1.29, 1.82) is 0 Å². The van der Waals surface area contributed by atoms with Crippen LogP contribution in [0.5, 0.6) is 5.75 Å². The van der Waals surface area contributed by atoms with E-state index in [1.807, 2.05) is 13.0 Å². The van der Waals surface area contributed by atoms with Crippen molar-refractivity contribution in [3.05, 3.63) is 28.2 Å². The summed E-state index contributed by atoms with van der Waals surface area (Å²) in [5, 5.41) is 0.143. The maximum absolute atomic E-state index is 6.55. The Hall–Kier alpha value is -0.210. The van der Waals surface area contributed by atoms with Gasteiger partial charge in [-0.2, -0.15) is 0 Å². The Morgan fingerprint density at radius 2 is 2.12 bits per heavy atom. The van der Waals surface area contributed by atoms with E-state index in [1.54, 1.807) is 0 Å². The Labute approximate surface area is 117 Å². The molecule has 1 saturated carbocycles. The summed E-state index contributed by atoms with van der Waals surface area (Å²) in [7, 11) is 0. The fourth-order valence-corrected chi connectivity index (χ4v) is 3.38. The van der Waals surface area contributed by atoms with Gasteiger partial charge in [0.1, 0.15) is 5.75 Å². The summed E-state index contributed by atoms with van der Waals surface area (Å²) in [4.78, 5) is 0. The summed E-state index contributed by atoms with van der Waals surface area (Å²) in [5.74, 6) is 1.54. The Balaban J connectivity index is 2.12. The third-order valence-electron chi connectivity index (χ3n) is 3.39. The second-order valence-corrected chi connectivity index (χ2v) is 5.89. The van der Waals surface area contributed by atoms with Crippen molar-refractivity contribution in [2.24, 2.45) is 5.92 Å². The monoisotopic (exact) mass is 316 g/mol. The van der Waals surface area contributed by atoms with Gasteiger partial charge in [-0.1, -0.05) is 18.9 Å². The number of alkyl halides is 1. The highest BCUT2D eigenvalue weighted by Gasteiger charge is 2.24. The predicted octanol–water partition coefficient (Wildman–Crippen LogP) is 5.32. The van der Waals surface area contributed by atoms with Gasteiger partial charge < -0.3 is 4.74 Å². The van der Waals surface area contributed by atoms with E-state index in [2.05, 4.69) is 28.1 Å². The second-order valence-electron chi connectivity index (χ2n) is 4.57. The van der Waals surface area contributed by atoms with Gasteiger partial charge in [-0.25, -0.2) is 0 Å². The first-order chi connectivity index (χ1) is 8.22. The van der Waals surface area contributed by atoms with Crippen LogP contribution in [0, 0.1) is 5.92 Å². The Kier molecular flexibility index (Phi) is 4.75. The van der Waals surface area contributed by atoms with Crippen molar-refractivity contribution in [3.8, 4) is 5.75 Å². The molecule has 3 heteroatoms. The quantitative estimate of drug-likeness (QED) is 0.683. The molecule has 0 bridgehead atoms. The Morgan fingerprint density at radius 1 is 1.41 bits per heavy atom. The molecule has 1 aliphatic rings. The number of hydrogen-bond donors (Lipinski definition) is 0. The van der Waals surface area contributed by atoms with Crippen molar-refractivity contribution in [2.45, 2.75) is 38.0 Å². The molecular formula is C14H18BrClO. The van der Waals surface area contributed by atoms with Crippen LogP contribution in [0.2, 0.25) is 0 Å². The van der Waals surface area contributed by atoms with Crippen LogP contribution in [0.1, 0.15) is 43.5 Å². The lowest BCUT2D eigenvalue weighted by Gasteiger charge is -2.18. The van der Waals surface area contributed by atoms with E-state index in [0.29, 0.717) is 12.5 Å². The maximum atomic E-state index is 6.55. The van der Waals surface area contributed by atoms with Gasteiger partial charge in [-0.05, 0) is 59.3 Å². The molecule has 0 aromatic heterocycles. The minimum Gasteiger partial charge on any atom is -0.493 e. The van der Waals surface area contributed by atoms with Crippen LogP contribution >= 0.6 is 27.5 Å². The number of rotatable bonds is 4. The first kappa shape index (κ1) is 13.2. The van der Waals surface area contributed by atoms with Crippen molar-refractivity contribution in [2.75, 3.05) is 6.61 Å². The molecule has 0 amide bonds. The van der Waals surface area contributed by atoms with Gasteiger partial charge in [0.15, 0.2) is 0 Å². The molecule has 17 heavy (non-hydrogen) atoms. The lowest BCUT2D eigenvalue weighted by atomic mass is 9.97. The van der Waals surface area contributed by atoms with Crippen molar-refractivity contribution < 1.29 is 4.74 Å². The van der Waals surface area contributed by atoms with Crippen molar-refractivity contribution in [1.82, 2.24) is 0 Å². The van der Waals surface area contributed by atoms with E-state index in [9.17, 15) is 0 Å². The molecule has 0 heterocycles. The summed E-state index contributed by atoms with van der Waals surface area (Å²) in [6.07, 6.45) is 5.18. The van der Waals surface area contributed by atoms with Crippen LogP contribution in [-0.2, 0) is 0 Å². The molecule has 1 aromatic rings. The molecule has 1 atom stereocenters. The third-order valence-corrected chi connectivity index (χ3v) is 4.62. The first-order valence-electron chi connectivity index (χ1n) is 6.28. The van der Waals surface area contributed by atoms with Crippen molar-refractivity contribution in [3.63, 3.8) is 0 Å². The summed E-state index contributed by atoms with van der Waals surface area (Å²) in [5.41, 5.74) is 1.20. The largest absolute Gasteiger partial charge is 0.493 e. The lowest BCUT2D eigenvalue weighted by Crippen LogP contribution is -2.03. The summed E-state index contributed by atoms with van der Waals surface area (Å²) in [6.45, 7) is 2.67. The van der Waals surface area contributed by atoms with E-state index in [-0.39, 0.29) is 5.38 Å². The van der Waals surface area contributed by atoms with Crippen LogP contribution < -0.4 is 4.74 Å². The van der Waals surface area contributed by atoms with Crippen LogP contribution in [-0.4, -0.2) is 6.61 Å². The molecule has 0 spiro atoms. The van der Waals surface area contributed by atoms with Gasteiger partial charge in [-0.3, -0.25) is 0 Å². The van der Waals surface area contributed by atoms with Crippen LogP contribution in [0.3, 0.4) is 0 Å². The lowest BCUT2D eigenvalue weighted by molar-refractivity contribution is 0.338. The Morgan fingerprint density at radius 3 is 2.71 bits per heavy atom. The number of hydrogen-bond acceptors (Lipinski definition) is 1. The fourth-order valence-electron chi connectivity index (χ4n) is 2.48. The predicted molar refractivity (Wildman–Crippen MR) is 75.9 cm³/mol. The highest BCUT2D eigenvalue weighted by atomic mass is 79.9. The minimum absolute atomic E-state index is 0.143. The van der Waals surface area contributed by atoms with E-state index in [4.69, 9.17) is 16.3 Å². The molecular weight excluding hydrogens is 300 g/mol. The van der Waals surface area contributed by atoms with Gasteiger partial charge in [0, 0.05) is 0 Å². The van der Waals surface area contributed by atoms with Crippen LogP contribution in [0.15, 0.2) is 22.7 Å². The average molecular weight is 318 g/mol. The van der Waals surface area contributed by atoms with E-state index >= 15 is 0 Å². The number of ether oxygens (including phenoxy) is 1. The standard InChI is InChI=1S/C14H18BrClO/c1-2-17-13-8-7-11(9-12(13)15)14(16)10-5-3-4-6-10/h7-10,14H,2-6H2,1H3. The van der Waals surface area contributed by atoms with Gasteiger partial charge in [0.05, 0.1) is 16.5 Å². The molecule has 1 aliphatic carbocycles. The fraction of sp³-hybridized carbons (Fsp3) is 0.571. The third kappa shape index (κ3) is 3.17. The van der Waals surface area contributed by atoms with Crippen LogP contribution in [0.4, 0.5) is 0 Å². The molecule has 0 saturated heterocycles. The summed E-state index contributed by atoms with van der Waals surface area (Å²) in [6, 6.07) is 6.19. The van der Waals surface area contributed by atoms with Crippen LogP contribution in [0.25, 0.3) is 0 Å². The number of halogens is 2. The van der Waals surface area contributed by atoms with E-state index < -0.39 is 0 Å². The smallest absolute Gasteiger partial charge is 0.133 e. The molecule has 1 aromatic carbocycles. The Bertz CT molecular complexity index is 374.